The molecule has 0 aromatic heterocycles. The molecule has 1 nitrogen and oxygen atoms in total. The van der Waals surface area contributed by atoms with Crippen LogP contribution in [0.4, 0.5) is 4.39 Å². The van der Waals surface area contributed by atoms with E-state index >= 15 is 0 Å². The fourth-order valence-electron chi connectivity index (χ4n) is 2.04. The van der Waals surface area contributed by atoms with Crippen LogP contribution in [0.1, 0.15) is 28.4 Å². The Balaban J connectivity index is 2.49. The third kappa shape index (κ3) is 3.17. The van der Waals surface area contributed by atoms with Crippen molar-refractivity contribution in [3.63, 3.8) is 0 Å². The van der Waals surface area contributed by atoms with Crippen LogP contribution in [0, 0.1) is 23.2 Å². The summed E-state index contributed by atoms with van der Waals surface area (Å²) in [5.41, 5.74) is 2.64. The Morgan fingerprint density at radius 2 is 1.74 bits per heavy atom. The number of halogens is 3. The lowest BCUT2D eigenvalue weighted by Gasteiger charge is -2.16. The summed E-state index contributed by atoms with van der Waals surface area (Å²) in [6.45, 7) is 3.43. The minimum absolute atomic E-state index is 0.208. The van der Waals surface area contributed by atoms with E-state index in [4.69, 9.17) is 0 Å². The van der Waals surface area contributed by atoms with E-state index in [1.54, 1.807) is 26.0 Å². The van der Waals surface area contributed by atoms with Gasteiger partial charge in [0.1, 0.15) is 11.9 Å². The Kier molecular flexibility index (Phi) is 4.63. The highest BCUT2D eigenvalue weighted by Crippen LogP contribution is 2.30. The molecule has 0 saturated heterocycles. The topological polar surface area (TPSA) is 20.2 Å². The Hall–Kier alpha value is -0.460. The first kappa shape index (κ1) is 14.9. The summed E-state index contributed by atoms with van der Waals surface area (Å²) < 4.78 is 15.5. The molecule has 0 saturated carbocycles. The lowest BCUT2D eigenvalue weighted by atomic mass is 9.97. The van der Waals surface area contributed by atoms with Crippen molar-refractivity contribution in [3.8, 4) is 0 Å². The van der Waals surface area contributed by atoms with Crippen LogP contribution in [0.15, 0.2) is 34.8 Å². The third-order valence-electron chi connectivity index (χ3n) is 3.03. The van der Waals surface area contributed by atoms with Crippen molar-refractivity contribution in [2.45, 2.75) is 20.0 Å². The normalized spacial score (nSPS) is 12.5. The van der Waals surface area contributed by atoms with Crippen LogP contribution in [-0.2, 0) is 0 Å². The molecular weight excluding hydrogens is 422 g/mol. The van der Waals surface area contributed by atoms with Gasteiger partial charge in [-0.2, -0.15) is 0 Å². The van der Waals surface area contributed by atoms with Gasteiger partial charge in [0, 0.05) is 8.04 Å². The molecule has 0 heterocycles. The minimum atomic E-state index is -0.748. The van der Waals surface area contributed by atoms with Crippen LogP contribution in [0.2, 0.25) is 0 Å². The zero-order valence-corrected chi connectivity index (χ0v) is 14.3. The molecule has 0 aliphatic carbocycles. The van der Waals surface area contributed by atoms with Crippen LogP contribution in [-0.4, -0.2) is 5.11 Å². The van der Waals surface area contributed by atoms with Gasteiger partial charge in [-0.3, -0.25) is 0 Å². The maximum Gasteiger partial charge on any atom is 0.129 e. The van der Waals surface area contributed by atoms with E-state index in [2.05, 4.69) is 38.5 Å². The average molecular weight is 435 g/mol. The third-order valence-corrected chi connectivity index (χ3v) is 4.50. The van der Waals surface area contributed by atoms with Crippen molar-refractivity contribution in [2.75, 3.05) is 0 Å². The highest BCUT2D eigenvalue weighted by molar-refractivity contribution is 14.1. The molecule has 0 fully saturated rings. The number of aryl methyl sites for hydroxylation is 2. The van der Waals surface area contributed by atoms with Crippen LogP contribution < -0.4 is 0 Å². The average Bonchev–Trinajstić information content (AvgIpc) is 2.37. The minimum Gasteiger partial charge on any atom is -0.384 e. The summed E-state index contributed by atoms with van der Waals surface area (Å²) in [6, 6.07) is 9.15. The molecule has 1 N–H and O–H groups in total. The maximum absolute atomic E-state index is 13.6. The Bertz CT molecular complexity index is 605. The fraction of sp³-hybridized carbons (Fsp3) is 0.200. The molecule has 0 bridgehead atoms. The number of rotatable bonds is 2. The van der Waals surface area contributed by atoms with Crippen molar-refractivity contribution < 1.29 is 9.50 Å². The van der Waals surface area contributed by atoms with Gasteiger partial charge in [0.25, 0.3) is 0 Å². The van der Waals surface area contributed by atoms with Crippen LogP contribution in [0.3, 0.4) is 0 Å². The molecule has 0 aliphatic rings. The van der Waals surface area contributed by atoms with E-state index in [0.717, 1.165) is 13.6 Å². The predicted molar refractivity (Wildman–Crippen MR) is 86.8 cm³/mol. The van der Waals surface area contributed by atoms with E-state index in [1.165, 1.54) is 0 Å². The summed E-state index contributed by atoms with van der Waals surface area (Å²) in [5.74, 6) is -0.208. The predicted octanol–water partition coefficient (Wildman–Crippen LogP) is 4.89. The van der Waals surface area contributed by atoms with Crippen LogP contribution >= 0.6 is 38.5 Å². The number of aliphatic hydroxyl groups is 1. The van der Waals surface area contributed by atoms with Crippen molar-refractivity contribution in [2.24, 2.45) is 0 Å². The second kappa shape index (κ2) is 5.89. The highest BCUT2D eigenvalue weighted by atomic mass is 127. The van der Waals surface area contributed by atoms with Gasteiger partial charge in [-0.25, -0.2) is 4.39 Å². The van der Waals surface area contributed by atoms with Gasteiger partial charge in [-0.05, 0) is 76.9 Å². The van der Waals surface area contributed by atoms with Crippen molar-refractivity contribution in [3.05, 3.63) is 66.4 Å². The van der Waals surface area contributed by atoms with E-state index in [-0.39, 0.29) is 5.82 Å². The van der Waals surface area contributed by atoms with E-state index < -0.39 is 6.10 Å². The molecule has 100 valence electrons. The molecule has 2 rings (SSSR count). The summed E-state index contributed by atoms with van der Waals surface area (Å²) in [6.07, 6.45) is -0.748. The fourth-order valence-corrected chi connectivity index (χ4v) is 3.05. The number of aliphatic hydroxyl groups excluding tert-OH is 1. The molecule has 2 aromatic carbocycles. The monoisotopic (exact) mass is 434 g/mol. The molecule has 0 amide bonds. The van der Waals surface area contributed by atoms with Crippen molar-refractivity contribution in [1.29, 1.82) is 0 Å². The summed E-state index contributed by atoms with van der Waals surface area (Å²) in [7, 11) is 0. The van der Waals surface area contributed by atoms with Crippen LogP contribution in [0.5, 0.6) is 0 Å². The lowest BCUT2D eigenvalue weighted by molar-refractivity contribution is 0.219. The van der Waals surface area contributed by atoms with Gasteiger partial charge >= 0.3 is 0 Å². The quantitative estimate of drug-likeness (QED) is 0.667. The van der Waals surface area contributed by atoms with Crippen molar-refractivity contribution >= 4 is 38.5 Å². The first-order valence-electron chi connectivity index (χ1n) is 5.80. The van der Waals surface area contributed by atoms with E-state index in [1.807, 2.05) is 18.2 Å². The number of hydrogen-bond donors (Lipinski definition) is 1. The largest absolute Gasteiger partial charge is 0.384 e. The summed E-state index contributed by atoms with van der Waals surface area (Å²) >= 11 is 5.59. The lowest BCUT2D eigenvalue weighted by Crippen LogP contribution is -2.04. The molecule has 19 heavy (non-hydrogen) atoms. The van der Waals surface area contributed by atoms with Gasteiger partial charge in [-0.15, -0.1) is 0 Å². The number of hydrogen-bond acceptors (Lipinski definition) is 1. The van der Waals surface area contributed by atoms with E-state index in [9.17, 15) is 9.50 Å². The SMILES string of the molecule is Cc1cc(C(O)c2cc(Br)ccc2I)cc(C)c1F. The van der Waals surface area contributed by atoms with Gasteiger partial charge < -0.3 is 5.11 Å². The standard InChI is InChI=1S/C15H13BrFIO/c1-8-5-10(6-9(2)14(8)17)15(19)12-7-11(16)3-4-13(12)18/h3-7,15,19H,1-2H3. The van der Waals surface area contributed by atoms with Gasteiger partial charge in [-0.1, -0.05) is 28.1 Å². The summed E-state index contributed by atoms with van der Waals surface area (Å²) in [5, 5.41) is 10.5. The Labute approximate surface area is 134 Å². The first-order valence-corrected chi connectivity index (χ1v) is 7.67. The second-order valence-corrected chi connectivity index (χ2v) is 6.61. The maximum atomic E-state index is 13.6. The molecule has 0 spiro atoms. The van der Waals surface area contributed by atoms with Crippen LogP contribution in [0.25, 0.3) is 0 Å². The molecular formula is C15H13BrFIO. The van der Waals surface area contributed by atoms with Crippen molar-refractivity contribution in [1.82, 2.24) is 0 Å². The highest BCUT2D eigenvalue weighted by Gasteiger charge is 2.16. The zero-order chi connectivity index (χ0) is 14.2. The van der Waals surface area contributed by atoms with Gasteiger partial charge in [0.2, 0.25) is 0 Å². The van der Waals surface area contributed by atoms with Gasteiger partial charge in [0.05, 0.1) is 0 Å². The molecule has 0 aliphatic heterocycles. The molecule has 4 heteroatoms. The zero-order valence-electron chi connectivity index (χ0n) is 10.5. The number of benzene rings is 2. The molecule has 1 atom stereocenters. The second-order valence-electron chi connectivity index (χ2n) is 4.54. The van der Waals surface area contributed by atoms with Gasteiger partial charge in [0.15, 0.2) is 0 Å². The Morgan fingerprint density at radius 1 is 1.16 bits per heavy atom. The molecule has 2 aromatic rings. The summed E-state index contributed by atoms with van der Waals surface area (Å²) in [4.78, 5) is 0. The molecule has 0 radical (unpaired) electrons. The molecule has 1 unspecified atom stereocenters. The van der Waals surface area contributed by atoms with E-state index in [0.29, 0.717) is 16.7 Å². The Morgan fingerprint density at radius 3 is 2.32 bits per heavy atom. The smallest absolute Gasteiger partial charge is 0.129 e. The first-order chi connectivity index (χ1) is 8.90.